The maximum absolute atomic E-state index is 12.4. The molecule has 1 aromatic heterocycles. The zero-order chi connectivity index (χ0) is 20.4. The van der Waals surface area contributed by atoms with Gasteiger partial charge < -0.3 is 10.2 Å². The number of hydrogen-bond acceptors (Lipinski definition) is 5. The third-order valence-electron chi connectivity index (χ3n) is 4.06. The van der Waals surface area contributed by atoms with E-state index in [0.29, 0.717) is 5.11 Å². The molecule has 0 spiro atoms. The summed E-state index contributed by atoms with van der Waals surface area (Å²) in [7, 11) is -3.74. The van der Waals surface area contributed by atoms with Crippen LogP contribution >= 0.6 is 12.2 Å². The first-order chi connectivity index (χ1) is 13.5. The number of nitrogens with one attached hydrogen (secondary N) is 2. The third kappa shape index (κ3) is 6.72. The molecule has 0 fully saturated rings. The minimum Gasteiger partial charge on any atom is -0.349 e. The number of benzene rings is 1. The highest BCUT2D eigenvalue weighted by Crippen LogP contribution is 2.17. The molecule has 7 nitrogen and oxygen atoms in total. The van der Waals surface area contributed by atoms with Crippen LogP contribution in [0.5, 0.6) is 0 Å². The average Bonchev–Trinajstić information content (AvgIpc) is 2.69. The van der Waals surface area contributed by atoms with Crippen LogP contribution in [0.3, 0.4) is 0 Å². The van der Waals surface area contributed by atoms with Crippen molar-refractivity contribution < 1.29 is 8.42 Å². The normalized spacial score (nSPS) is 11.1. The van der Waals surface area contributed by atoms with E-state index in [1.54, 1.807) is 18.2 Å². The van der Waals surface area contributed by atoms with Crippen molar-refractivity contribution in [3.05, 3.63) is 42.7 Å². The van der Waals surface area contributed by atoms with Gasteiger partial charge in [-0.3, -0.25) is 0 Å². The Bertz CT molecular complexity index is 834. The molecule has 0 amide bonds. The van der Waals surface area contributed by atoms with Crippen LogP contribution in [0.1, 0.15) is 39.5 Å². The summed E-state index contributed by atoms with van der Waals surface area (Å²) in [5.74, 6) is 0.0355. The summed E-state index contributed by atoms with van der Waals surface area (Å²) in [6.45, 7) is 6.13. The van der Waals surface area contributed by atoms with Gasteiger partial charge in [0.05, 0.1) is 4.90 Å². The summed E-state index contributed by atoms with van der Waals surface area (Å²) < 4.78 is 27.2. The summed E-state index contributed by atoms with van der Waals surface area (Å²) in [5.41, 5.74) is 0.748. The van der Waals surface area contributed by atoms with Crippen LogP contribution in [0.15, 0.2) is 47.6 Å². The van der Waals surface area contributed by atoms with E-state index in [1.807, 2.05) is 0 Å². The van der Waals surface area contributed by atoms with Crippen molar-refractivity contribution in [3.8, 4) is 0 Å². The number of thiocarbonyl (C=S) groups is 1. The van der Waals surface area contributed by atoms with E-state index in [0.717, 1.165) is 44.5 Å². The largest absolute Gasteiger partial charge is 0.349 e. The molecule has 9 heteroatoms. The van der Waals surface area contributed by atoms with Crippen LogP contribution in [0.4, 0.5) is 11.6 Å². The molecule has 0 aliphatic heterocycles. The molecule has 2 rings (SSSR count). The molecule has 0 saturated carbocycles. The van der Waals surface area contributed by atoms with Crippen LogP contribution in [-0.2, 0) is 10.0 Å². The predicted molar refractivity (Wildman–Crippen MR) is 117 cm³/mol. The number of unbranched alkanes of at least 4 members (excludes halogenated alkanes) is 2. The Kier molecular flexibility index (Phi) is 8.59. The van der Waals surface area contributed by atoms with Crippen LogP contribution < -0.4 is 10.0 Å². The van der Waals surface area contributed by atoms with E-state index >= 15 is 0 Å². The van der Waals surface area contributed by atoms with E-state index < -0.39 is 10.0 Å². The van der Waals surface area contributed by atoms with Crippen molar-refractivity contribution in [2.24, 2.45) is 0 Å². The monoisotopic (exact) mass is 421 g/mol. The van der Waals surface area contributed by atoms with Crippen LogP contribution in [0.2, 0.25) is 0 Å². The highest BCUT2D eigenvalue weighted by Gasteiger charge is 2.16. The van der Waals surface area contributed by atoms with Crippen molar-refractivity contribution in [1.29, 1.82) is 0 Å². The Labute approximate surface area is 172 Å². The molecule has 0 unspecified atom stereocenters. The van der Waals surface area contributed by atoms with Crippen LogP contribution in [0, 0.1) is 0 Å². The Morgan fingerprint density at radius 3 is 2.14 bits per heavy atom. The molecule has 0 aliphatic carbocycles. The van der Waals surface area contributed by atoms with Crippen LogP contribution in [0.25, 0.3) is 0 Å². The van der Waals surface area contributed by atoms with Crippen molar-refractivity contribution >= 4 is 39.0 Å². The lowest BCUT2D eigenvalue weighted by Crippen LogP contribution is -2.36. The summed E-state index contributed by atoms with van der Waals surface area (Å²) in [4.78, 5) is 10.1. The van der Waals surface area contributed by atoms with Crippen molar-refractivity contribution in [3.63, 3.8) is 0 Å². The number of hydrogen-bond donors (Lipinski definition) is 2. The molecule has 0 saturated heterocycles. The predicted octanol–water partition coefficient (Wildman–Crippen LogP) is 3.88. The molecule has 0 radical (unpaired) electrons. The first kappa shape index (κ1) is 22.0. The molecule has 1 aromatic carbocycles. The van der Waals surface area contributed by atoms with Gasteiger partial charge in [-0.1, -0.05) is 26.7 Å². The second-order valence-corrected chi connectivity index (χ2v) is 8.40. The Morgan fingerprint density at radius 2 is 1.61 bits per heavy atom. The Balaban J connectivity index is 2.03. The highest BCUT2D eigenvalue weighted by atomic mass is 32.2. The zero-order valence-corrected chi connectivity index (χ0v) is 17.9. The lowest BCUT2D eigenvalue weighted by atomic mass is 10.2. The van der Waals surface area contributed by atoms with Gasteiger partial charge in [-0.05, 0) is 55.4 Å². The van der Waals surface area contributed by atoms with Gasteiger partial charge in [-0.2, -0.15) is 0 Å². The molecule has 0 bridgehead atoms. The fourth-order valence-electron chi connectivity index (χ4n) is 2.46. The fourth-order valence-corrected chi connectivity index (χ4v) is 3.72. The third-order valence-corrected chi connectivity index (χ3v) is 5.76. The molecule has 152 valence electrons. The summed E-state index contributed by atoms with van der Waals surface area (Å²) >= 11 is 5.54. The quantitative estimate of drug-likeness (QED) is 0.563. The van der Waals surface area contributed by atoms with Gasteiger partial charge in [-0.15, -0.1) is 0 Å². The maximum atomic E-state index is 12.4. The van der Waals surface area contributed by atoms with Gasteiger partial charge in [0.2, 0.25) is 5.95 Å². The average molecular weight is 422 g/mol. The van der Waals surface area contributed by atoms with E-state index in [9.17, 15) is 8.42 Å². The molecular formula is C19H27N5O2S2. The zero-order valence-electron chi connectivity index (χ0n) is 16.3. The Morgan fingerprint density at radius 1 is 1.04 bits per heavy atom. The van der Waals surface area contributed by atoms with E-state index in [1.165, 1.54) is 24.5 Å². The van der Waals surface area contributed by atoms with Gasteiger partial charge in [0, 0.05) is 31.2 Å². The van der Waals surface area contributed by atoms with Crippen LogP contribution in [-0.4, -0.2) is 41.5 Å². The lowest BCUT2D eigenvalue weighted by molar-refractivity contribution is 0.403. The molecule has 2 N–H and O–H groups in total. The smallest absolute Gasteiger partial charge is 0.264 e. The van der Waals surface area contributed by atoms with Gasteiger partial charge in [0.25, 0.3) is 10.0 Å². The Hall–Kier alpha value is -2.26. The van der Waals surface area contributed by atoms with Crippen molar-refractivity contribution in [2.45, 2.75) is 44.4 Å². The number of aromatic nitrogens is 2. The number of sulfonamides is 1. The van der Waals surface area contributed by atoms with Gasteiger partial charge in [-0.25, -0.2) is 23.1 Å². The maximum Gasteiger partial charge on any atom is 0.264 e. The van der Waals surface area contributed by atoms with Gasteiger partial charge >= 0.3 is 0 Å². The molecule has 2 aromatic rings. The SMILES string of the molecule is CCCCN(CCCC)C(=S)Nc1ccc(S(=O)(=O)Nc2ncccn2)cc1. The van der Waals surface area contributed by atoms with E-state index in [-0.39, 0.29) is 10.8 Å². The fraction of sp³-hybridized carbons (Fsp3) is 0.421. The number of nitrogens with zero attached hydrogens (tertiary/aromatic N) is 3. The van der Waals surface area contributed by atoms with Crippen molar-refractivity contribution in [2.75, 3.05) is 23.1 Å². The first-order valence-electron chi connectivity index (χ1n) is 9.42. The summed E-state index contributed by atoms with van der Waals surface area (Å²) in [6, 6.07) is 8.07. The number of rotatable bonds is 10. The van der Waals surface area contributed by atoms with E-state index in [2.05, 4.69) is 38.8 Å². The topological polar surface area (TPSA) is 87.2 Å². The van der Waals surface area contributed by atoms with E-state index in [4.69, 9.17) is 12.2 Å². The van der Waals surface area contributed by atoms with Crippen molar-refractivity contribution in [1.82, 2.24) is 14.9 Å². The minimum absolute atomic E-state index is 0.0355. The standard InChI is InChI=1S/C19H27N5O2S2/c1-3-5-14-24(15-6-4-2)19(27)22-16-8-10-17(11-9-16)28(25,26)23-18-20-12-7-13-21-18/h7-13H,3-6,14-15H2,1-2H3,(H,22,27)(H,20,21,23). The molecule has 28 heavy (non-hydrogen) atoms. The second kappa shape index (κ2) is 10.9. The van der Waals surface area contributed by atoms with Gasteiger partial charge in [0.15, 0.2) is 5.11 Å². The molecule has 0 aliphatic rings. The summed E-state index contributed by atoms with van der Waals surface area (Å²) in [5, 5.41) is 3.87. The second-order valence-electron chi connectivity index (χ2n) is 6.33. The van der Waals surface area contributed by atoms with Gasteiger partial charge in [0.1, 0.15) is 0 Å². The molecular weight excluding hydrogens is 394 g/mol. The minimum atomic E-state index is -3.74. The first-order valence-corrected chi connectivity index (χ1v) is 11.3. The summed E-state index contributed by atoms with van der Waals surface area (Å²) in [6.07, 6.45) is 7.32. The molecule has 0 atom stereocenters. The number of anilines is 2. The lowest BCUT2D eigenvalue weighted by Gasteiger charge is -2.25. The highest BCUT2D eigenvalue weighted by molar-refractivity contribution is 7.92. The molecule has 1 heterocycles.